The van der Waals surface area contributed by atoms with Crippen molar-refractivity contribution in [3.05, 3.63) is 58.6 Å². The van der Waals surface area contributed by atoms with E-state index < -0.39 is 0 Å². The van der Waals surface area contributed by atoms with Crippen LogP contribution in [0.3, 0.4) is 0 Å². The van der Waals surface area contributed by atoms with Crippen molar-refractivity contribution >= 4 is 27.3 Å². The van der Waals surface area contributed by atoms with Gasteiger partial charge in [0.15, 0.2) is 0 Å². The third-order valence-corrected chi connectivity index (χ3v) is 3.64. The minimum atomic E-state index is 0.0531. The van der Waals surface area contributed by atoms with Gasteiger partial charge in [-0.3, -0.25) is 0 Å². The zero-order chi connectivity index (χ0) is 13.1. The Balaban J connectivity index is 2.34. The highest BCUT2D eigenvalue weighted by molar-refractivity contribution is 9.10. The number of nitrogens with zero attached hydrogens (tertiary/aromatic N) is 1. The van der Waals surface area contributed by atoms with Crippen molar-refractivity contribution in [1.29, 1.82) is 0 Å². The fraction of sp³-hybridized carbons (Fsp3) is 0.200. The van der Waals surface area contributed by atoms with E-state index in [1.165, 1.54) is 0 Å². The van der Waals surface area contributed by atoms with Gasteiger partial charge in [0.2, 0.25) is 0 Å². The van der Waals surface area contributed by atoms with Gasteiger partial charge < -0.3 is 10.6 Å². The van der Waals surface area contributed by atoms with Gasteiger partial charge in [0, 0.05) is 23.2 Å². The molecule has 0 saturated heterocycles. The number of anilines is 2. The van der Waals surface area contributed by atoms with Crippen LogP contribution in [0.25, 0.3) is 0 Å². The van der Waals surface area contributed by atoms with Crippen LogP contribution >= 0.6 is 15.9 Å². The fourth-order valence-corrected chi connectivity index (χ4v) is 2.53. The summed E-state index contributed by atoms with van der Waals surface area (Å²) in [6.07, 6.45) is 0. The van der Waals surface area contributed by atoms with Gasteiger partial charge >= 0.3 is 0 Å². The molecule has 2 nitrogen and oxygen atoms in total. The van der Waals surface area contributed by atoms with E-state index in [-0.39, 0.29) is 6.04 Å². The Morgan fingerprint density at radius 2 is 1.78 bits per heavy atom. The zero-order valence-corrected chi connectivity index (χ0v) is 12.2. The maximum atomic E-state index is 5.89. The van der Waals surface area contributed by atoms with E-state index in [4.69, 9.17) is 5.73 Å². The lowest BCUT2D eigenvalue weighted by Crippen LogP contribution is -2.11. The first-order valence-corrected chi connectivity index (χ1v) is 6.72. The topological polar surface area (TPSA) is 29.3 Å². The molecule has 0 aliphatic heterocycles. The normalized spacial score (nSPS) is 12.2. The first-order valence-electron chi connectivity index (χ1n) is 5.93. The number of nitrogens with two attached hydrogens (primary N) is 1. The average molecular weight is 305 g/mol. The standard InChI is InChI=1S/C15H17BrN2/c1-11(17)12-8-9-15(14(16)10-12)18(2)13-6-4-3-5-7-13/h3-11H,17H2,1-2H3/t11-/m0/s1. The molecular weight excluding hydrogens is 288 g/mol. The Morgan fingerprint density at radius 3 is 2.33 bits per heavy atom. The summed E-state index contributed by atoms with van der Waals surface area (Å²) in [6.45, 7) is 1.99. The molecule has 0 aliphatic carbocycles. The molecule has 0 aliphatic rings. The molecule has 0 saturated carbocycles. The molecule has 2 N–H and O–H groups in total. The molecule has 0 radical (unpaired) electrons. The Morgan fingerprint density at radius 1 is 1.11 bits per heavy atom. The van der Waals surface area contributed by atoms with Crippen molar-refractivity contribution in [3.8, 4) is 0 Å². The highest BCUT2D eigenvalue weighted by Gasteiger charge is 2.09. The van der Waals surface area contributed by atoms with Crippen LogP contribution in [0, 0.1) is 0 Å². The van der Waals surface area contributed by atoms with Crippen LogP contribution in [0.1, 0.15) is 18.5 Å². The predicted octanol–water partition coefficient (Wildman–Crippen LogP) is 4.24. The predicted molar refractivity (Wildman–Crippen MR) is 81.2 cm³/mol. The van der Waals surface area contributed by atoms with Crippen LogP contribution in [-0.4, -0.2) is 7.05 Å². The van der Waals surface area contributed by atoms with Crippen LogP contribution in [0.4, 0.5) is 11.4 Å². The molecule has 0 bridgehead atoms. The summed E-state index contributed by atoms with van der Waals surface area (Å²) in [7, 11) is 2.06. The molecule has 2 rings (SSSR count). The van der Waals surface area contributed by atoms with Crippen molar-refractivity contribution in [1.82, 2.24) is 0 Å². The first kappa shape index (κ1) is 13.1. The van der Waals surface area contributed by atoms with Crippen LogP contribution in [-0.2, 0) is 0 Å². The van der Waals surface area contributed by atoms with E-state index in [0.29, 0.717) is 0 Å². The van der Waals surface area contributed by atoms with Crippen LogP contribution in [0.15, 0.2) is 53.0 Å². The lowest BCUT2D eigenvalue weighted by Gasteiger charge is -2.21. The summed E-state index contributed by atoms with van der Waals surface area (Å²) < 4.78 is 1.06. The fourth-order valence-electron chi connectivity index (χ4n) is 1.87. The van der Waals surface area contributed by atoms with Gasteiger partial charge in [0.05, 0.1) is 5.69 Å². The van der Waals surface area contributed by atoms with E-state index in [1.807, 2.05) is 25.1 Å². The van der Waals surface area contributed by atoms with Gasteiger partial charge in [-0.2, -0.15) is 0 Å². The third-order valence-electron chi connectivity index (χ3n) is 3.00. The molecule has 0 heterocycles. The highest BCUT2D eigenvalue weighted by atomic mass is 79.9. The van der Waals surface area contributed by atoms with E-state index in [2.05, 4.69) is 58.2 Å². The number of para-hydroxylation sites is 1. The van der Waals surface area contributed by atoms with E-state index in [9.17, 15) is 0 Å². The number of hydrogen-bond acceptors (Lipinski definition) is 2. The number of rotatable bonds is 3. The zero-order valence-electron chi connectivity index (χ0n) is 10.6. The van der Waals surface area contributed by atoms with Gasteiger partial charge in [-0.1, -0.05) is 24.3 Å². The molecule has 0 spiro atoms. The largest absolute Gasteiger partial charge is 0.344 e. The maximum Gasteiger partial charge on any atom is 0.0552 e. The first-order chi connectivity index (χ1) is 8.59. The van der Waals surface area contributed by atoms with E-state index >= 15 is 0 Å². The second-order valence-corrected chi connectivity index (χ2v) is 5.25. The molecule has 0 amide bonds. The van der Waals surface area contributed by atoms with Gasteiger partial charge in [0.25, 0.3) is 0 Å². The summed E-state index contributed by atoms with van der Waals surface area (Å²) >= 11 is 3.62. The second kappa shape index (κ2) is 5.55. The Bertz CT molecular complexity index is 523. The Kier molecular flexibility index (Phi) is 4.04. The molecule has 1 atom stereocenters. The Labute approximate surface area is 117 Å². The summed E-state index contributed by atoms with van der Waals surface area (Å²) in [5.41, 5.74) is 9.31. The van der Waals surface area contributed by atoms with Gasteiger partial charge in [-0.15, -0.1) is 0 Å². The molecule has 2 aromatic carbocycles. The van der Waals surface area contributed by atoms with E-state index in [1.54, 1.807) is 0 Å². The minimum Gasteiger partial charge on any atom is -0.344 e. The third kappa shape index (κ3) is 2.74. The molecule has 0 unspecified atom stereocenters. The molecule has 2 aromatic rings. The maximum absolute atomic E-state index is 5.89. The second-order valence-electron chi connectivity index (χ2n) is 4.39. The molecule has 94 valence electrons. The highest BCUT2D eigenvalue weighted by Crippen LogP contribution is 2.32. The molecule has 0 aromatic heterocycles. The van der Waals surface area contributed by atoms with Crippen molar-refractivity contribution < 1.29 is 0 Å². The van der Waals surface area contributed by atoms with Gasteiger partial charge in [0.1, 0.15) is 0 Å². The SMILES string of the molecule is C[C@H](N)c1ccc(N(C)c2ccccc2)c(Br)c1. The Hall–Kier alpha value is -1.32. The molecule has 18 heavy (non-hydrogen) atoms. The monoisotopic (exact) mass is 304 g/mol. The number of benzene rings is 2. The molecule has 0 fully saturated rings. The van der Waals surface area contributed by atoms with Gasteiger partial charge in [-0.05, 0) is 52.7 Å². The molecule has 3 heteroatoms. The quantitative estimate of drug-likeness (QED) is 0.919. The molecular formula is C15H17BrN2. The van der Waals surface area contributed by atoms with Crippen molar-refractivity contribution in [2.75, 3.05) is 11.9 Å². The van der Waals surface area contributed by atoms with E-state index in [0.717, 1.165) is 21.4 Å². The summed E-state index contributed by atoms with van der Waals surface area (Å²) in [6, 6.07) is 16.6. The van der Waals surface area contributed by atoms with Crippen LogP contribution in [0.5, 0.6) is 0 Å². The van der Waals surface area contributed by atoms with Gasteiger partial charge in [-0.25, -0.2) is 0 Å². The van der Waals surface area contributed by atoms with Crippen molar-refractivity contribution in [3.63, 3.8) is 0 Å². The number of hydrogen-bond donors (Lipinski definition) is 1. The van der Waals surface area contributed by atoms with Crippen molar-refractivity contribution in [2.45, 2.75) is 13.0 Å². The average Bonchev–Trinajstić information content (AvgIpc) is 2.38. The summed E-state index contributed by atoms with van der Waals surface area (Å²) in [4.78, 5) is 2.15. The van der Waals surface area contributed by atoms with Crippen molar-refractivity contribution in [2.24, 2.45) is 5.73 Å². The summed E-state index contributed by atoms with van der Waals surface area (Å²) in [5, 5.41) is 0. The van der Waals surface area contributed by atoms with Crippen LogP contribution < -0.4 is 10.6 Å². The minimum absolute atomic E-state index is 0.0531. The lowest BCUT2D eigenvalue weighted by molar-refractivity contribution is 0.817. The lowest BCUT2D eigenvalue weighted by atomic mass is 10.1. The number of halogens is 1. The van der Waals surface area contributed by atoms with Crippen LogP contribution in [0.2, 0.25) is 0 Å². The summed E-state index contributed by atoms with van der Waals surface area (Å²) in [5.74, 6) is 0. The smallest absolute Gasteiger partial charge is 0.0552 e.